The molecule has 0 nitrogen and oxygen atoms in total. The molecule has 0 fully saturated rings. The number of fused-ring (bicyclic) bond motifs is 3. The lowest BCUT2D eigenvalue weighted by molar-refractivity contribution is 1.24. The summed E-state index contributed by atoms with van der Waals surface area (Å²) >= 11 is 0. The van der Waals surface area contributed by atoms with Crippen LogP contribution in [0.5, 0.6) is 0 Å². The third-order valence-electron chi connectivity index (χ3n) is 2.95. The monoisotopic (exact) mass is 179 g/mol. The molecule has 3 rings (SSSR count). The lowest BCUT2D eigenvalue weighted by atomic mass is 10.0. The van der Waals surface area contributed by atoms with Gasteiger partial charge < -0.3 is 0 Å². The van der Waals surface area contributed by atoms with E-state index in [1.807, 2.05) is 0 Å². The van der Waals surface area contributed by atoms with E-state index in [0.717, 1.165) is 6.42 Å². The molecule has 0 bridgehead atoms. The molecule has 2 aromatic carbocycles. The molecule has 0 heterocycles. The van der Waals surface area contributed by atoms with Crippen molar-refractivity contribution in [1.82, 2.24) is 0 Å². The first-order chi connectivity index (χ1) is 6.86. The third-order valence-corrected chi connectivity index (χ3v) is 2.95. The Hall–Kier alpha value is -1.56. The van der Waals surface area contributed by atoms with Gasteiger partial charge >= 0.3 is 0 Å². The minimum atomic E-state index is 1.05. The van der Waals surface area contributed by atoms with E-state index in [-0.39, 0.29) is 0 Å². The summed E-state index contributed by atoms with van der Waals surface area (Å²) < 4.78 is 0. The zero-order valence-electron chi connectivity index (χ0n) is 7.96. The second kappa shape index (κ2) is 2.71. The van der Waals surface area contributed by atoms with Crippen molar-refractivity contribution in [2.75, 3.05) is 0 Å². The second-order valence-electron chi connectivity index (χ2n) is 3.78. The van der Waals surface area contributed by atoms with E-state index in [1.54, 1.807) is 0 Å². The maximum Gasteiger partial charge on any atom is -0.00107 e. The Bertz CT molecular complexity index is 495. The highest BCUT2D eigenvalue weighted by molar-refractivity contribution is 5.78. The van der Waals surface area contributed by atoms with E-state index >= 15 is 0 Å². The molecule has 0 spiro atoms. The van der Waals surface area contributed by atoms with Gasteiger partial charge in [0, 0.05) is 0 Å². The van der Waals surface area contributed by atoms with E-state index in [0.29, 0.717) is 0 Å². The van der Waals surface area contributed by atoms with Gasteiger partial charge in [-0.3, -0.25) is 0 Å². The van der Waals surface area contributed by atoms with Crippen molar-refractivity contribution in [3.8, 4) is 11.1 Å². The summed E-state index contributed by atoms with van der Waals surface area (Å²) in [4.78, 5) is 0. The van der Waals surface area contributed by atoms with Gasteiger partial charge in [-0.05, 0) is 41.2 Å². The first kappa shape index (κ1) is 7.81. The minimum absolute atomic E-state index is 1.05. The maximum absolute atomic E-state index is 4.08. The van der Waals surface area contributed by atoms with Crippen molar-refractivity contribution in [3.05, 3.63) is 66.1 Å². The van der Waals surface area contributed by atoms with Gasteiger partial charge in [0.15, 0.2) is 0 Å². The largest absolute Gasteiger partial charge is 0.0619 e. The molecule has 0 aromatic heterocycles. The van der Waals surface area contributed by atoms with Crippen molar-refractivity contribution < 1.29 is 0 Å². The van der Waals surface area contributed by atoms with Gasteiger partial charge in [0.2, 0.25) is 0 Å². The zero-order chi connectivity index (χ0) is 9.54. The van der Waals surface area contributed by atoms with Crippen molar-refractivity contribution in [1.29, 1.82) is 0 Å². The number of rotatable bonds is 0. The topological polar surface area (TPSA) is 0 Å². The molecule has 0 atom stereocenters. The summed E-state index contributed by atoms with van der Waals surface area (Å²) in [6.07, 6.45) is 1.05. The van der Waals surface area contributed by atoms with Crippen molar-refractivity contribution in [2.45, 2.75) is 6.42 Å². The maximum atomic E-state index is 4.08. The van der Waals surface area contributed by atoms with Gasteiger partial charge in [0.25, 0.3) is 0 Å². The second-order valence-corrected chi connectivity index (χ2v) is 3.78. The fraction of sp³-hybridized carbons (Fsp3) is 0.0714. The van der Waals surface area contributed by atoms with Crippen LogP contribution in [0.25, 0.3) is 11.1 Å². The highest BCUT2D eigenvalue weighted by Crippen LogP contribution is 2.37. The smallest absolute Gasteiger partial charge is 0.00107 e. The lowest BCUT2D eigenvalue weighted by Crippen LogP contribution is -1.84. The highest BCUT2D eigenvalue weighted by Gasteiger charge is 2.18. The van der Waals surface area contributed by atoms with Crippen LogP contribution < -0.4 is 0 Å². The van der Waals surface area contributed by atoms with Crippen LogP contribution in [0.2, 0.25) is 0 Å². The molecule has 0 unspecified atom stereocenters. The average molecular weight is 179 g/mol. The highest BCUT2D eigenvalue weighted by atomic mass is 14.2. The third kappa shape index (κ3) is 0.941. The summed E-state index contributed by atoms with van der Waals surface area (Å²) in [5.74, 6) is 0. The van der Waals surface area contributed by atoms with Gasteiger partial charge in [-0.1, -0.05) is 42.5 Å². The van der Waals surface area contributed by atoms with Gasteiger partial charge in [-0.2, -0.15) is 0 Å². The molecule has 2 aromatic rings. The van der Waals surface area contributed by atoms with Crippen molar-refractivity contribution in [3.63, 3.8) is 0 Å². The van der Waals surface area contributed by atoms with Crippen LogP contribution in [-0.2, 0) is 6.42 Å². The molecular formula is C14H11. The SMILES string of the molecule is [CH2]c1cccc2c1Cc1ccccc1-2. The molecule has 0 amide bonds. The van der Waals surface area contributed by atoms with Crippen LogP contribution in [0, 0.1) is 6.92 Å². The van der Waals surface area contributed by atoms with E-state index in [1.165, 1.54) is 27.8 Å². The molecule has 1 radical (unpaired) electrons. The Kier molecular flexibility index (Phi) is 1.51. The molecule has 67 valence electrons. The quantitative estimate of drug-likeness (QED) is 0.496. The summed E-state index contributed by atoms with van der Waals surface area (Å²) in [6.45, 7) is 4.08. The standard InChI is InChI=1S/C14H11/c1-10-5-4-8-13-12-7-3-2-6-11(12)9-14(10)13/h2-8H,1,9H2. The van der Waals surface area contributed by atoms with Crippen molar-refractivity contribution in [2.24, 2.45) is 0 Å². The minimum Gasteiger partial charge on any atom is -0.0619 e. The fourth-order valence-electron chi connectivity index (χ4n) is 2.22. The summed E-state index contributed by atoms with van der Waals surface area (Å²) in [6, 6.07) is 15.0. The van der Waals surface area contributed by atoms with Crippen LogP contribution in [0.15, 0.2) is 42.5 Å². The molecular weight excluding hydrogens is 168 g/mol. The zero-order valence-corrected chi connectivity index (χ0v) is 7.96. The fourth-order valence-corrected chi connectivity index (χ4v) is 2.22. The van der Waals surface area contributed by atoms with E-state index in [4.69, 9.17) is 0 Å². The Morgan fingerprint density at radius 3 is 2.57 bits per heavy atom. The molecule has 1 aliphatic rings. The average Bonchev–Trinajstić information content (AvgIpc) is 2.59. The number of benzene rings is 2. The summed E-state index contributed by atoms with van der Waals surface area (Å²) in [7, 11) is 0. The van der Waals surface area contributed by atoms with Crippen LogP contribution in [-0.4, -0.2) is 0 Å². The Morgan fingerprint density at radius 1 is 0.857 bits per heavy atom. The van der Waals surface area contributed by atoms with Crippen LogP contribution in [0.1, 0.15) is 16.7 Å². The van der Waals surface area contributed by atoms with Crippen LogP contribution in [0.3, 0.4) is 0 Å². The van der Waals surface area contributed by atoms with E-state index in [2.05, 4.69) is 49.4 Å². The molecule has 0 heteroatoms. The molecule has 0 saturated heterocycles. The van der Waals surface area contributed by atoms with Gasteiger partial charge in [-0.25, -0.2) is 0 Å². The molecule has 14 heavy (non-hydrogen) atoms. The van der Waals surface area contributed by atoms with E-state index < -0.39 is 0 Å². The predicted molar refractivity (Wildman–Crippen MR) is 59.1 cm³/mol. The molecule has 0 N–H and O–H groups in total. The molecule has 1 aliphatic carbocycles. The van der Waals surface area contributed by atoms with Crippen molar-refractivity contribution >= 4 is 0 Å². The van der Waals surface area contributed by atoms with Crippen LogP contribution >= 0.6 is 0 Å². The van der Waals surface area contributed by atoms with Gasteiger partial charge in [-0.15, -0.1) is 0 Å². The Balaban J connectivity index is 2.33. The first-order valence-electron chi connectivity index (χ1n) is 4.88. The van der Waals surface area contributed by atoms with Gasteiger partial charge in [0.05, 0.1) is 0 Å². The van der Waals surface area contributed by atoms with Gasteiger partial charge in [0.1, 0.15) is 0 Å². The first-order valence-corrected chi connectivity index (χ1v) is 4.88. The summed E-state index contributed by atoms with van der Waals surface area (Å²) in [5, 5.41) is 0. The Morgan fingerprint density at radius 2 is 1.64 bits per heavy atom. The number of hydrogen-bond donors (Lipinski definition) is 0. The number of hydrogen-bond acceptors (Lipinski definition) is 0. The Labute approximate surface area is 84.2 Å². The summed E-state index contributed by atoms with van der Waals surface area (Å²) in [5.41, 5.74) is 6.74. The lowest BCUT2D eigenvalue weighted by Gasteiger charge is -2.02. The molecule has 0 saturated carbocycles. The van der Waals surface area contributed by atoms with Crippen LogP contribution in [0.4, 0.5) is 0 Å². The van der Waals surface area contributed by atoms with E-state index in [9.17, 15) is 0 Å². The molecule has 0 aliphatic heterocycles. The predicted octanol–water partition coefficient (Wildman–Crippen LogP) is 3.44. The normalized spacial score (nSPS) is 12.4.